The fourth-order valence-electron chi connectivity index (χ4n) is 10.4. The number of primary amides is 2. The van der Waals surface area contributed by atoms with Crippen molar-refractivity contribution in [1.29, 1.82) is 0 Å². The van der Waals surface area contributed by atoms with Crippen LogP contribution in [0.15, 0.2) is 170 Å². The summed E-state index contributed by atoms with van der Waals surface area (Å²) in [6, 6.07) is 47.8. The number of ether oxygens (including phenoxy) is 13. The molecule has 7 aromatic carbocycles. The van der Waals surface area contributed by atoms with Crippen molar-refractivity contribution >= 4 is 113 Å². The number of hydrogen-bond donors (Lipinski definition) is 7. The average Bonchev–Trinajstić information content (AvgIpc) is 1.64. The van der Waals surface area contributed by atoms with Gasteiger partial charge in [0.25, 0.3) is 29.5 Å². The molecular weight excluding hydrogens is 1800 g/mol. The number of aromatic hydroxyl groups is 1. The van der Waals surface area contributed by atoms with Crippen LogP contribution in [0.25, 0.3) is 0 Å². The van der Waals surface area contributed by atoms with Gasteiger partial charge in [-0.15, -0.1) is 24.8 Å². The van der Waals surface area contributed by atoms with Gasteiger partial charge in [-0.2, -0.15) is 0 Å². The molecule has 730 valence electrons. The maximum atomic E-state index is 12.3. The van der Waals surface area contributed by atoms with Crippen LogP contribution in [0.5, 0.6) is 57.5 Å². The first-order valence-corrected chi connectivity index (χ1v) is 41.2. The van der Waals surface area contributed by atoms with Crippen LogP contribution in [0.4, 0.5) is 4.79 Å². The molecule has 7 aromatic rings. The van der Waals surface area contributed by atoms with Crippen molar-refractivity contribution in [2.75, 3.05) is 111 Å². The molecule has 8 amide bonds. The number of rotatable bonds is 45. The van der Waals surface area contributed by atoms with Gasteiger partial charge in [0.2, 0.25) is 11.8 Å². The van der Waals surface area contributed by atoms with E-state index in [2.05, 4.69) is 31.2 Å². The number of fused-ring (bicyclic) bond motifs is 2. The van der Waals surface area contributed by atoms with Crippen LogP contribution in [-0.4, -0.2) is 209 Å². The zero-order valence-corrected chi connectivity index (χ0v) is 74.6. The molecular formula is C94H139BBrCl2N7O26. The summed E-state index contributed by atoms with van der Waals surface area (Å²) in [4.78, 5) is 128. The van der Waals surface area contributed by atoms with Crippen LogP contribution in [0, 0.1) is 0 Å². The molecule has 9 rings (SSSR count). The number of amides is 8. The first kappa shape index (κ1) is 128. The fraction of sp³-hybridized carbons (Fsp3) is 0.436. The number of nitrogens with zero attached hydrogens (tertiary/aromatic N) is 2. The summed E-state index contributed by atoms with van der Waals surface area (Å²) in [5, 5.41) is 24.7. The summed E-state index contributed by atoms with van der Waals surface area (Å²) in [5.74, 6) is 1.74. The third-order valence-electron chi connectivity index (χ3n) is 15.8. The topological polar surface area (TPSA) is 457 Å². The molecule has 131 heavy (non-hydrogen) atoms. The van der Waals surface area contributed by atoms with E-state index >= 15 is 0 Å². The lowest BCUT2D eigenvalue weighted by atomic mass is 9.89. The van der Waals surface area contributed by atoms with E-state index in [1.165, 1.54) is 29.2 Å². The van der Waals surface area contributed by atoms with E-state index in [0.717, 1.165) is 17.5 Å². The van der Waals surface area contributed by atoms with E-state index in [9.17, 15) is 57.8 Å². The molecule has 0 saturated carbocycles. The second-order valence-corrected chi connectivity index (χ2v) is 27.9. The predicted octanol–water partition coefficient (Wildman–Crippen LogP) is 15.5. The van der Waals surface area contributed by atoms with Gasteiger partial charge in [-0.1, -0.05) is 115 Å². The number of carbonyl (C=O) groups excluding carboxylic acids is 11. The van der Waals surface area contributed by atoms with Crippen molar-refractivity contribution in [3.63, 3.8) is 0 Å². The first-order valence-electron chi connectivity index (χ1n) is 40.1. The van der Waals surface area contributed by atoms with Gasteiger partial charge in [-0.3, -0.25) is 52.8 Å². The third-order valence-corrected chi connectivity index (χ3v) is 16.4. The zero-order valence-electron chi connectivity index (χ0n) is 71.3. The molecule has 0 spiro atoms. The Morgan fingerprint density at radius 3 is 1.06 bits per heavy atom. The van der Waals surface area contributed by atoms with Crippen molar-refractivity contribution in [3.8, 4) is 57.5 Å². The summed E-state index contributed by atoms with van der Waals surface area (Å²) in [7, 11) is -0.543. The van der Waals surface area contributed by atoms with Crippen molar-refractivity contribution in [3.05, 3.63) is 192 Å². The average molecular weight is 1940 g/mol. The van der Waals surface area contributed by atoms with Crippen molar-refractivity contribution in [2.24, 2.45) is 17.2 Å². The molecule has 37 heteroatoms. The van der Waals surface area contributed by atoms with E-state index in [1.807, 2.05) is 55.5 Å². The minimum Gasteiger partial charge on any atom is -0.508 e. The highest BCUT2D eigenvalue weighted by Crippen LogP contribution is 2.28. The SMILES string of the molecule is C.C.C.C.C.C.CB(O)NCCOc1cccc(OCCCC(N)=O)c1.CCOC(=O)CCCBr.CCOC(=O)CCCOc1cccc(OCCN2C(=O)c3ccccc3C2=O)c1.CCOC(=O)CCCOc1cccc(OCCNC(=O)OC(C)(C)C)c1.Cl.Cl.NCCOc1cccc(OCCCC(N)=O)c1.O=C(COc1cccc(O)c1)N1C(=O)c2ccccc2C1=O. The monoisotopic (exact) mass is 1940 g/mol. The van der Waals surface area contributed by atoms with Crippen LogP contribution >= 0.6 is 40.7 Å². The lowest BCUT2D eigenvalue weighted by molar-refractivity contribution is -0.144. The normalized spacial score (nSPS) is 10.6. The van der Waals surface area contributed by atoms with Crippen LogP contribution in [0.1, 0.15) is 192 Å². The van der Waals surface area contributed by atoms with Gasteiger partial charge in [0.05, 0.1) is 88.2 Å². The van der Waals surface area contributed by atoms with Crippen LogP contribution in [-0.2, 0) is 47.7 Å². The van der Waals surface area contributed by atoms with E-state index in [4.69, 9.17) is 79.1 Å². The smallest absolute Gasteiger partial charge is 0.407 e. The highest BCUT2D eigenvalue weighted by molar-refractivity contribution is 9.09. The maximum absolute atomic E-state index is 12.3. The first-order chi connectivity index (χ1) is 59.1. The molecule has 0 saturated heterocycles. The van der Waals surface area contributed by atoms with Crippen LogP contribution in [0.3, 0.4) is 0 Å². The van der Waals surface area contributed by atoms with E-state index in [0.29, 0.717) is 200 Å². The number of hydrogen-bond acceptors (Lipinski definition) is 28. The summed E-state index contributed by atoms with van der Waals surface area (Å²) in [6.07, 6.45) is 4.57. The quantitative estimate of drug-likeness (QED) is 0.00465. The van der Waals surface area contributed by atoms with Gasteiger partial charge in [0, 0.05) is 80.9 Å². The van der Waals surface area contributed by atoms with Gasteiger partial charge in [0.15, 0.2) is 6.61 Å². The van der Waals surface area contributed by atoms with Crippen molar-refractivity contribution in [2.45, 2.75) is 163 Å². The minimum absolute atomic E-state index is 0. The van der Waals surface area contributed by atoms with Crippen molar-refractivity contribution < 1.29 is 124 Å². The fourth-order valence-corrected chi connectivity index (χ4v) is 10.6. The summed E-state index contributed by atoms with van der Waals surface area (Å²) in [6.45, 7) is 17.9. The number of nitrogens with one attached hydrogen (secondary N) is 2. The van der Waals surface area contributed by atoms with Crippen molar-refractivity contribution in [1.82, 2.24) is 20.3 Å². The second-order valence-electron chi connectivity index (χ2n) is 27.1. The number of nitrogens with two attached hydrogens (primary N) is 3. The molecule has 2 aliphatic rings. The second kappa shape index (κ2) is 73.8. The van der Waals surface area contributed by atoms with Crippen LogP contribution in [0.2, 0.25) is 6.82 Å². The summed E-state index contributed by atoms with van der Waals surface area (Å²) < 4.78 is 69.1. The molecule has 0 aromatic heterocycles. The largest absolute Gasteiger partial charge is 0.508 e. The standard InChI is InChI=1S/C22H23NO6.C19H29NO6.C16H11NO5.C13H21BN2O4.C12H18N2O3.C6H11BrO2.6CH4.2ClH/c1-2-27-20(24)11-6-13-28-16-7-5-8-17(15-16)29-14-12-23-21(25)18-9-3-4-10-19(18)22(23)26;1-5-23-17(21)10-7-12-24-15-8-6-9-16(14-15)25-13-11-20-18(22)26-19(2,3)4;18-10-4-3-5-11(8-10)22-9-14(19)17-15(20)12-6-1-2-7-13(12)16(17)21;1-14(18)16-7-9-20-12-5-2-4-11(10-12)19-8-3-6-13(15)17;13-6-8-17-11-4-1-3-10(9-11)16-7-2-5-12(14)15;1-2-9-6(8)4-3-5-7;;;;;;;;/h3-5,7-10,15H,2,6,11-14H2,1H3;6,8-9,14H,5,7,10-13H2,1-4H3,(H,20,22);1-8,18H,9H2;2,4-5,10,16,18H,3,6-9H2,1H3,(H2,15,17);1,3-4,9H,2,5-8,13H2,(H2,14,15);2-5H2,1H3;6*1H4;2*1H. The molecule has 33 nitrogen and oxygen atoms in total. The van der Waals surface area contributed by atoms with E-state index in [-0.39, 0.29) is 147 Å². The minimum atomic E-state index is -0.755. The number of esters is 3. The number of imide groups is 4. The van der Waals surface area contributed by atoms with E-state index < -0.39 is 43.1 Å². The van der Waals surface area contributed by atoms with Gasteiger partial charge in [-0.25, -0.2) is 9.69 Å². The number of alkyl carbamates (subject to hydrolysis) is 1. The molecule has 0 unspecified atom stereocenters. The Morgan fingerprint density at radius 2 is 0.733 bits per heavy atom. The lowest BCUT2D eigenvalue weighted by Gasteiger charge is -2.19. The Morgan fingerprint density at radius 1 is 0.420 bits per heavy atom. The number of carbonyl (C=O) groups is 11. The Balaban J connectivity index is -0.000000490. The number of alkyl halides is 1. The van der Waals surface area contributed by atoms with Crippen LogP contribution < -0.4 is 70.4 Å². The third kappa shape index (κ3) is 54.4. The number of phenolic OH excluding ortho intramolecular Hbond substituents is 1. The highest BCUT2D eigenvalue weighted by atomic mass is 79.9. The molecule has 2 aliphatic heterocycles. The van der Waals surface area contributed by atoms with Gasteiger partial charge in [-0.05, 0) is 165 Å². The van der Waals surface area contributed by atoms with E-state index in [1.54, 1.807) is 139 Å². The van der Waals surface area contributed by atoms with Gasteiger partial charge in [0.1, 0.15) is 82.9 Å². The molecule has 10 N–H and O–H groups in total. The Bertz CT molecular complexity index is 4380. The zero-order chi connectivity index (χ0) is 90.2. The Labute approximate surface area is 793 Å². The molecule has 0 atom stereocenters. The lowest BCUT2D eigenvalue weighted by Crippen LogP contribution is -2.39. The summed E-state index contributed by atoms with van der Waals surface area (Å²) in [5.41, 5.74) is 16.2. The Hall–Kier alpha value is -11.9. The Kier molecular flexibility index (Phi) is 71.9. The van der Waals surface area contributed by atoms with Gasteiger partial charge < -0.3 is 99.5 Å². The predicted molar refractivity (Wildman–Crippen MR) is 515 cm³/mol. The molecule has 0 radical (unpaired) electrons. The highest BCUT2D eigenvalue weighted by Gasteiger charge is 2.40. The molecule has 0 bridgehead atoms. The molecule has 0 aliphatic carbocycles. The molecule has 0 fully saturated rings. The molecule has 2 heterocycles. The number of benzene rings is 7. The number of phenols is 1. The maximum Gasteiger partial charge on any atom is 0.407 e. The summed E-state index contributed by atoms with van der Waals surface area (Å²) >= 11 is 3.22. The number of halogens is 3. The van der Waals surface area contributed by atoms with Gasteiger partial charge >= 0.3 is 31.1 Å².